The average Bonchev–Trinajstić information content (AvgIpc) is 3.13. The molecular formula is C26H20FNS. The van der Waals surface area contributed by atoms with Crippen molar-refractivity contribution < 1.29 is 5.76 Å². The molecule has 2 heterocycles. The molecule has 0 aliphatic heterocycles. The molecule has 1 nitrogen and oxygen atoms in total. The molecule has 0 atom stereocenters. The number of rotatable bonds is 3. The van der Waals surface area contributed by atoms with Crippen LogP contribution in [0.4, 0.5) is 4.39 Å². The second kappa shape index (κ2) is 7.09. The third kappa shape index (κ3) is 3.12. The molecular weight excluding hydrogens is 377 g/mol. The van der Waals surface area contributed by atoms with Crippen LogP contribution in [0.15, 0.2) is 79.0 Å². The number of hydrogen-bond donors (Lipinski definition) is 0. The number of hydrogen-bond acceptors (Lipinski definition) is 2. The van der Waals surface area contributed by atoms with Crippen molar-refractivity contribution >= 4 is 31.5 Å². The summed E-state index contributed by atoms with van der Waals surface area (Å²) in [5.41, 5.74) is 4.57. The molecule has 0 spiro atoms. The number of pyridine rings is 1. The predicted octanol–water partition coefficient (Wildman–Crippen LogP) is 8.05. The lowest BCUT2D eigenvalue weighted by atomic mass is 9.99. The van der Waals surface area contributed by atoms with Gasteiger partial charge in [0.05, 0.1) is 10.4 Å². The maximum Gasteiger partial charge on any atom is 0.141 e. The first kappa shape index (κ1) is 16.9. The van der Waals surface area contributed by atoms with Gasteiger partial charge in [0.15, 0.2) is 0 Å². The van der Waals surface area contributed by atoms with E-state index in [1.54, 1.807) is 12.3 Å². The van der Waals surface area contributed by atoms with Crippen molar-refractivity contribution in [2.24, 2.45) is 0 Å². The van der Waals surface area contributed by atoms with Gasteiger partial charge in [-0.05, 0) is 46.8 Å². The van der Waals surface area contributed by atoms with Gasteiger partial charge in [-0.1, -0.05) is 62.4 Å². The van der Waals surface area contributed by atoms with E-state index >= 15 is 4.39 Å². The van der Waals surface area contributed by atoms with Gasteiger partial charge in [-0.3, -0.25) is 4.98 Å². The monoisotopic (exact) mass is 398 g/mol. The van der Waals surface area contributed by atoms with Crippen molar-refractivity contribution in [3.8, 4) is 22.4 Å². The lowest BCUT2D eigenvalue weighted by Gasteiger charge is -2.08. The molecule has 3 heteroatoms. The third-order valence-electron chi connectivity index (χ3n) is 5.27. The minimum Gasteiger partial charge on any atom is -0.256 e. The van der Waals surface area contributed by atoms with Crippen molar-refractivity contribution in [3.05, 3.63) is 90.4 Å². The van der Waals surface area contributed by atoms with E-state index in [9.17, 15) is 0 Å². The van der Waals surface area contributed by atoms with Crippen LogP contribution in [0.2, 0.25) is 0 Å². The molecule has 0 amide bonds. The van der Waals surface area contributed by atoms with Crippen LogP contribution in [0, 0.1) is 5.82 Å². The van der Waals surface area contributed by atoms with Crippen LogP contribution in [-0.4, -0.2) is 4.98 Å². The summed E-state index contributed by atoms with van der Waals surface area (Å²) in [7, 11) is 0. The van der Waals surface area contributed by atoms with E-state index in [4.69, 9.17) is 1.37 Å². The summed E-state index contributed by atoms with van der Waals surface area (Å²) in [4.78, 5) is 4.56. The molecule has 0 unspecified atom stereocenters. The van der Waals surface area contributed by atoms with Crippen molar-refractivity contribution in [2.75, 3.05) is 0 Å². The molecule has 2 aromatic heterocycles. The lowest BCUT2D eigenvalue weighted by molar-refractivity contribution is 0.642. The van der Waals surface area contributed by atoms with Gasteiger partial charge in [-0.15, -0.1) is 11.3 Å². The largest absolute Gasteiger partial charge is 0.256 e. The minimum absolute atomic E-state index is 0.201. The molecule has 0 radical (unpaired) electrons. The second-order valence-corrected chi connectivity index (χ2v) is 8.44. The van der Waals surface area contributed by atoms with Gasteiger partial charge in [0.2, 0.25) is 0 Å². The first-order valence-corrected chi connectivity index (χ1v) is 10.4. The predicted molar refractivity (Wildman–Crippen MR) is 122 cm³/mol. The first-order chi connectivity index (χ1) is 14.4. The summed E-state index contributed by atoms with van der Waals surface area (Å²) in [6, 6.07) is 23.5. The Kier molecular flexibility index (Phi) is 4.12. The SMILES string of the molecule is [2H]C(C)(C)c1ccnc(-c2cccc3c2sc2c(F)cc(-c4ccccc4)cc23)c1. The average molecular weight is 399 g/mol. The summed E-state index contributed by atoms with van der Waals surface area (Å²) >= 11 is 1.47. The molecule has 142 valence electrons. The third-order valence-corrected chi connectivity index (χ3v) is 6.54. The molecule has 0 aliphatic carbocycles. The highest BCUT2D eigenvalue weighted by atomic mass is 32.1. The molecule has 0 N–H and O–H groups in total. The van der Waals surface area contributed by atoms with Crippen LogP contribution in [0.25, 0.3) is 42.6 Å². The number of halogens is 1. The van der Waals surface area contributed by atoms with E-state index < -0.39 is 5.89 Å². The Bertz CT molecular complexity index is 1380. The fourth-order valence-electron chi connectivity index (χ4n) is 3.75. The fourth-order valence-corrected chi connectivity index (χ4v) is 4.96. The highest BCUT2D eigenvalue weighted by molar-refractivity contribution is 7.26. The van der Waals surface area contributed by atoms with Crippen LogP contribution in [0.5, 0.6) is 0 Å². The fraction of sp³-hybridized carbons (Fsp3) is 0.115. The normalized spacial score (nSPS) is 12.4. The molecule has 0 fully saturated rings. The number of aromatic nitrogens is 1. The van der Waals surface area contributed by atoms with Gasteiger partial charge >= 0.3 is 0 Å². The molecule has 3 aromatic carbocycles. The quantitative estimate of drug-likeness (QED) is 0.300. The summed E-state index contributed by atoms with van der Waals surface area (Å²) in [5.74, 6) is -0.907. The highest BCUT2D eigenvalue weighted by Crippen LogP contribution is 2.42. The number of benzene rings is 3. The minimum atomic E-state index is -0.706. The van der Waals surface area contributed by atoms with E-state index in [0.717, 1.165) is 43.4 Å². The Morgan fingerprint density at radius 1 is 0.862 bits per heavy atom. The second-order valence-electron chi connectivity index (χ2n) is 7.41. The van der Waals surface area contributed by atoms with Crippen molar-refractivity contribution in [3.63, 3.8) is 0 Å². The number of nitrogens with zero attached hydrogens (tertiary/aromatic N) is 1. The zero-order valence-electron chi connectivity index (χ0n) is 17.2. The van der Waals surface area contributed by atoms with E-state index in [0.29, 0.717) is 4.70 Å². The summed E-state index contributed by atoms with van der Waals surface area (Å²) < 4.78 is 25.1. The molecule has 29 heavy (non-hydrogen) atoms. The van der Waals surface area contributed by atoms with Gasteiger partial charge in [0, 0.05) is 28.6 Å². The summed E-state index contributed by atoms with van der Waals surface area (Å²) in [6.07, 6.45) is 1.75. The van der Waals surface area contributed by atoms with Crippen LogP contribution in [0.3, 0.4) is 0 Å². The van der Waals surface area contributed by atoms with Gasteiger partial charge in [0.1, 0.15) is 5.82 Å². The smallest absolute Gasteiger partial charge is 0.141 e. The molecule has 0 saturated heterocycles. The first-order valence-electron chi connectivity index (χ1n) is 10.1. The van der Waals surface area contributed by atoms with Gasteiger partial charge in [-0.25, -0.2) is 4.39 Å². The maximum absolute atomic E-state index is 15.1. The highest BCUT2D eigenvalue weighted by Gasteiger charge is 2.15. The van der Waals surface area contributed by atoms with Crippen molar-refractivity contribution in [1.82, 2.24) is 4.98 Å². The number of thiophene rings is 1. The molecule has 5 rings (SSSR count). The standard InChI is InChI=1S/C26H20FNS/c1-16(2)18-11-12-28-24(15-18)21-10-6-9-20-22-13-19(17-7-4-3-5-8-17)14-23(27)26(22)29-25(20)21/h3-16H,1-2H3/i16D. The zero-order valence-corrected chi connectivity index (χ0v) is 17.1. The summed E-state index contributed by atoms with van der Waals surface area (Å²) in [6.45, 7) is 3.74. The molecule has 0 aliphatic rings. The Morgan fingerprint density at radius 3 is 2.48 bits per heavy atom. The van der Waals surface area contributed by atoms with Crippen molar-refractivity contribution in [2.45, 2.75) is 19.7 Å². The van der Waals surface area contributed by atoms with E-state index in [-0.39, 0.29) is 5.82 Å². The Hall–Kier alpha value is -3.04. The van der Waals surface area contributed by atoms with E-state index in [1.807, 2.05) is 74.5 Å². The summed E-state index contributed by atoms with van der Waals surface area (Å²) in [5, 5.41) is 1.95. The molecule has 5 aromatic rings. The Morgan fingerprint density at radius 2 is 1.69 bits per heavy atom. The van der Waals surface area contributed by atoms with Gasteiger partial charge in [0.25, 0.3) is 0 Å². The topological polar surface area (TPSA) is 12.9 Å². The van der Waals surface area contributed by atoms with E-state index in [1.165, 1.54) is 11.3 Å². The van der Waals surface area contributed by atoms with E-state index in [2.05, 4.69) is 11.1 Å². The van der Waals surface area contributed by atoms with Crippen LogP contribution in [0.1, 0.15) is 26.7 Å². The molecule has 0 bridgehead atoms. The van der Waals surface area contributed by atoms with Crippen molar-refractivity contribution in [1.29, 1.82) is 0 Å². The zero-order chi connectivity index (χ0) is 20.9. The Labute approximate surface area is 174 Å². The maximum atomic E-state index is 15.1. The van der Waals surface area contributed by atoms with Crippen LogP contribution in [-0.2, 0) is 0 Å². The number of fused-ring (bicyclic) bond motifs is 3. The molecule has 0 saturated carbocycles. The van der Waals surface area contributed by atoms with Crippen LogP contribution < -0.4 is 0 Å². The van der Waals surface area contributed by atoms with Gasteiger partial charge in [-0.2, -0.15) is 0 Å². The van der Waals surface area contributed by atoms with Gasteiger partial charge < -0.3 is 0 Å². The Balaban J connectivity index is 1.75. The van der Waals surface area contributed by atoms with Crippen LogP contribution >= 0.6 is 11.3 Å². The lowest BCUT2D eigenvalue weighted by Crippen LogP contribution is -1.90.